The van der Waals surface area contributed by atoms with Crippen LogP contribution in [0.15, 0.2) is 47.4 Å². The summed E-state index contributed by atoms with van der Waals surface area (Å²) in [4.78, 5) is 14.9. The largest absolute Gasteiger partial charge is 0.493 e. The number of carbonyl (C=O) groups is 1. The zero-order chi connectivity index (χ0) is 18.0. The summed E-state index contributed by atoms with van der Waals surface area (Å²) >= 11 is 6.69. The zero-order valence-electron chi connectivity index (χ0n) is 14.1. The summed E-state index contributed by atoms with van der Waals surface area (Å²) in [7, 11) is 3.16. The Kier molecular flexibility index (Phi) is 5.11. The second-order valence-electron chi connectivity index (χ2n) is 5.44. The molecular formula is C19H17NO3S2. The van der Waals surface area contributed by atoms with Crippen LogP contribution in [0.4, 0.5) is 5.69 Å². The van der Waals surface area contributed by atoms with Crippen LogP contribution in [0.3, 0.4) is 0 Å². The van der Waals surface area contributed by atoms with Gasteiger partial charge in [-0.2, -0.15) is 0 Å². The first-order valence-corrected chi connectivity index (χ1v) is 8.83. The summed E-state index contributed by atoms with van der Waals surface area (Å²) in [5.41, 5.74) is 2.67. The number of hydrogen-bond acceptors (Lipinski definition) is 5. The lowest BCUT2D eigenvalue weighted by Crippen LogP contribution is -2.27. The Labute approximate surface area is 156 Å². The average Bonchev–Trinajstić information content (AvgIpc) is 2.89. The van der Waals surface area contributed by atoms with E-state index in [1.165, 1.54) is 11.8 Å². The summed E-state index contributed by atoms with van der Waals surface area (Å²) in [6.45, 7) is 2.00. The van der Waals surface area contributed by atoms with Crippen LogP contribution in [0, 0.1) is 6.92 Å². The number of amides is 1. The number of aryl methyl sites for hydroxylation is 1. The molecule has 0 unspecified atom stereocenters. The number of thioether (sulfide) groups is 1. The lowest BCUT2D eigenvalue weighted by molar-refractivity contribution is -0.113. The average molecular weight is 371 g/mol. The molecule has 0 spiro atoms. The molecule has 1 aliphatic heterocycles. The van der Waals surface area contributed by atoms with E-state index >= 15 is 0 Å². The van der Waals surface area contributed by atoms with Crippen LogP contribution in [-0.2, 0) is 4.79 Å². The lowest BCUT2D eigenvalue weighted by Gasteiger charge is -2.14. The Morgan fingerprint density at radius 3 is 2.44 bits per heavy atom. The Balaban J connectivity index is 1.97. The molecule has 6 heteroatoms. The SMILES string of the molecule is COc1cccc(/C=C2/SC(=S)N(c3ccc(C)cc3)C2=O)c1OC. The van der Waals surface area contributed by atoms with E-state index in [2.05, 4.69) is 0 Å². The molecule has 0 bridgehead atoms. The van der Waals surface area contributed by atoms with Gasteiger partial charge in [-0.1, -0.05) is 53.8 Å². The van der Waals surface area contributed by atoms with Crippen LogP contribution in [0.1, 0.15) is 11.1 Å². The molecule has 25 heavy (non-hydrogen) atoms. The van der Waals surface area contributed by atoms with Crippen molar-refractivity contribution < 1.29 is 14.3 Å². The minimum absolute atomic E-state index is 0.135. The number of thiocarbonyl (C=S) groups is 1. The van der Waals surface area contributed by atoms with Crippen molar-refractivity contribution in [3.63, 3.8) is 0 Å². The molecule has 128 valence electrons. The van der Waals surface area contributed by atoms with E-state index in [1.807, 2.05) is 49.4 Å². The van der Waals surface area contributed by atoms with Gasteiger partial charge in [0, 0.05) is 5.56 Å². The molecule has 0 radical (unpaired) electrons. The number of ether oxygens (including phenoxy) is 2. The summed E-state index contributed by atoms with van der Waals surface area (Å²) in [6.07, 6.45) is 1.79. The van der Waals surface area contributed by atoms with Gasteiger partial charge in [0.25, 0.3) is 5.91 Å². The fraction of sp³-hybridized carbons (Fsp3) is 0.158. The van der Waals surface area contributed by atoms with Crippen molar-refractivity contribution >= 4 is 46.0 Å². The van der Waals surface area contributed by atoms with E-state index in [0.29, 0.717) is 20.7 Å². The van der Waals surface area contributed by atoms with E-state index in [0.717, 1.165) is 16.8 Å². The maximum atomic E-state index is 12.8. The molecule has 0 N–H and O–H groups in total. The highest BCUT2D eigenvalue weighted by Gasteiger charge is 2.33. The number of carbonyl (C=O) groups excluding carboxylic acids is 1. The number of rotatable bonds is 4. The van der Waals surface area contributed by atoms with Gasteiger partial charge in [-0.15, -0.1) is 0 Å². The first-order valence-electron chi connectivity index (χ1n) is 7.60. The van der Waals surface area contributed by atoms with E-state index in [9.17, 15) is 4.79 Å². The van der Waals surface area contributed by atoms with Crippen LogP contribution in [-0.4, -0.2) is 24.4 Å². The topological polar surface area (TPSA) is 38.8 Å². The number of hydrogen-bond donors (Lipinski definition) is 0. The summed E-state index contributed by atoms with van der Waals surface area (Å²) in [5.74, 6) is 1.07. The fourth-order valence-electron chi connectivity index (χ4n) is 2.55. The molecule has 0 aliphatic carbocycles. The summed E-state index contributed by atoms with van der Waals surface area (Å²) in [6, 6.07) is 13.3. The Morgan fingerprint density at radius 1 is 1.08 bits per heavy atom. The van der Waals surface area contributed by atoms with Gasteiger partial charge in [0.05, 0.1) is 24.8 Å². The molecule has 1 heterocycles. The predicted molar refractivity (Wildman–Crippen MR) is 106 cm³/mol. The first-order chi connectivity index (χ1) is 12.0. The second-order valence-corrected chi connectivity index (χ2v) is 7.11. The molecule has 4 nitrogen and oxygen atoms in total. The molecular weight excluding hydrogens is 354 g/mol. The van der Waals surface area contributed by atoms with Crippen molar-refractivity contribution in [1.29, 1.82) is 0 Å². The van der Waals surface area contributed by atoms with Crippen LogP contribution < -0.4 is 14.4 Å². The number of nitrogens with zero attached hydrogens (tertiary/aromatic N) is 1. The molecule has 1 saturated heterocycles. The van der Waals surface area contributed by atoms with Crippen molar-refractivity contribution in [2.45, 2.75) is 6.92 Å². The van der Waals surface area contributed by atoms with Gasteiger partial charge in [-0.3, -0.25) is 9.69 Å². The van der Waals surface area contributed by atoms with Crippen LogP contribution in [0.5, 0.6) is 11.5 Å². The first kappa shape index (κ1) is 17.5. The Hall–Kier alpha value is -2.31. The third-order valence-corrected chi connectivity index (χ3v) is 5.11. The highest BCUT2D eigenvalue weighted by molar-refractivity contribution is 8.27. The van der Waals surface area contributed by atoms with Gasteiger partial charge in [0.2, 0.25) is 0 Å². The zero-order valence-corrected chi connectivity index (χ0v) is 15.7. The third-order valence-electron chi connectivity index (χ3n) is 3.81. The number of anilines is 1. The standard InChI is InChI=1S/C19H17NO3S2/c1-12-7-9-14(10-8-12)20-18(21)16(25-19(20)24)11-13-5-4-6-15(22-2)17(13)23-3/h4-11H,1-3H3/b16-11+. The maximum absolute atomic E-state index is 12.8. The van der Waals surface area contributed by atoms with Crippen LogP contribution in [0.25, 0.3) is 6.08 Å². The van der Waals surface area contributed by atoms with Crippen molar-refractivity contribution in [1.82, 2.24) is 0 Å². The van der Waals surface area contributed by atoms with Crippen molar-refractivity contribution in [3.05, 3.63) is 58.5 Å². The van der Waals surface area contributed by atoms with Gasteiger partial charge >= 0.3 is 0 Å². The van der Waals surface area contributed by atoms with Gasteiger partial charge in [-0.25, -0.2) is 0 Å². The molecule has 2 aromatic carbocycles. The van der Waals surface area contributed by atoms with E-state index < -0.39 is 0 Å². The van der Waals surface area contributed by atoms with E-state index in [-0.39, 0.29) is 5.91 Å². The van der Waals surface area contributed by atoms with Crippen LogP contribution in [0.2, 0.25) is 0 Å². The highest BCUT2D eigenvalue weighted by Crippen LogP contribution is 2.39. The number of benzene rings is 2. The smallest absolute Gasteiger partial charge is 0.270 e. The minimum Gasteiger partial charge on any atom is -0.493 e. The summed E-state index contributed by atoms with van der Waals surface area (Å²) < 4.78 is 11.3. The highest BCUT2D eigenvalue weighted by atomic mass is 32.2. The monoisotopic (exact) mass is 371 g/mol. The summed E-state index contributed by atoms with van der Waals surface area (Å²) in [5, 5.41) is 0. The normalized spacial score (nSPS) is 15.8. The Bertz CT molecular complexity index is 859. The quantitative estimate of drug-likeness (QED) is 0.588. The molecule has 0 saturated carbocycles. The molecule has 0 aromatic heterocycles. The minimum atomic E-state index is -0.135. The predicted octanol–water partition coefficient (Wildman–Crippen LogP) is 4.42. The van der Waals surface area contributed by atoms with Crippen molar-refractivity contribution in [2.24, 2.45) is 0 Å². The maximum Gasteiger partial charge on any atom is 0.270 e. The van der Waals surface area contributed by atoms with Gasteiger partial charge < -0.3 is 9.47 Å². The fourth-order valence-corrected chi connectivity index (χ4v) is 3.84. The third kappa shape index (κ3) is 3.41. The molecule has 1 aliphatic rings. The van der Waals surface area contributed by atoms with Gasteiger partial charge in [-0.05, 0) is 31.2 Å². The number of para-hydroxylation sites is 1. The van der Waals surface area contributed by atoms with Gasteiger partial charge in [0.15, 0.2) is 15.8 Å². The van der Waals surface area contributed by atoms with E-state index in [4.69, 9.17) is 21.7 Å². The molecule has 1 amide bonds. The van der Waals surface area contributed by atoms with Gasteiger partial charge in [0.1, 0.15) is 0 Å². The van der Waals surface area contributed by atoms with Crippen molar-refractivity contribution in [3.8, 4) is 11.5 Å². The Morgan fingerprint density at radius 2 is 1.80 bits per heavy atom. The number of methoxy groups -OCH3 is 2. The molecule has 2 aromatic rings. The lowest BCUT2D eigenvalue weighted by atomic mass is 10.1. The second kappa shape index (κ2) is 7.29. The van der Waals surface area contributed by atoms with Crippen molar-refractivity contribution in [2.75, 3.05) is 19.1 Å². The molecule has 0 atom stereocenters. The van der Waals surface area contributed by atoms with E-state index in [1.54, 1.807) is 25.2 Å². The molecule has 3 rings (SSSR count). The van der Waals surface area contributed by atoms with Crippen LogP contribution >= 0.6 is 24.0 Å². The molecule has 1 fully saturated rings.